The van der Waals surface area contributed by atoms with Gasteiger partial charge in [0, 0.05) is 6.54 Å². The number of nitrogens with one attached hydrogen (secondary N) is 1. The van der Waals surface area contributed by atoms with E-state index in [-0.39, 0.29) is 30.2 Å². The van der Waals surface area contributed by atoms with Crippen LogP contribution in [0, 0.1) is 17.2 Å². The summed E-state index contributed by atoms with van der Waals surface area (Å²) in [5, 5.41) is 19.7. The van der Waals surface area contributed by atoms with Crippen LogP contribution in [0.1, 0.15) is 43.9 Å². The van der Waals surface area contributed by atoms with Gasteiger partial charge in [0.05, 0.1) is 29.5 Å². The quantitative estimate of drug-likeness (QED) is 0.835. The summed E-state index contributed by atoms with van der Waals surface area (Å²) >= 11 is 0. The Hall–Kier alpha value is -2.88. The Bertz CT molecular complexity index is 759. The number of aromatic nitrogens is 3. The highest BCUT2D eigenvalue weighted by Crippen LogP contribution is 2.19. The molecule has 2 aromatic rings. The Balaban J connectivity index is 2.21. The number of hydrogen-bond acceptors (Lipinski definition) is 5. The first kappa shape index (κ1) is 18.5. The van der Waals surface area contributed by atoms with Gasteiger partial charge in [0.25, 0.3) is 5.91 Å². The van der Waals surface area contributed by atoms with E-state index >= 15 is 0 Å². The summed E-state index contributed by atoms with van der Waals surface area (Å²) in [4.78, 5) is 12.3. The van der Waals surface area contributed by atoms with E-state index in [0.29, 0.717) is 6.42 Å². The first-order chi connectivity index (χ1) is 12.0. The largest absolute Gasteiger partial charge is 0.491 e. The minimum atomic E-state index is -0.315. The van der Waals surface area contributed by atoms with Crippen LogP contribution in [-0.2, 0) is 6.42 Å². The molecule has 132 valence electrons. The molecule has 0 bridgehead atoms. The molecule has 1 atom stereocenters. The lowest BCUT2D eigenvalue weighted by molar-refractivity contribution is 0.0944. The third-order valence-corrected chi connectivity index (χ3v) is 3.56. The Labute approximate surface area is 147 Å². The van der Waals surface area contributed by atoms with E-state index in [0.717, 1.165) is 17.1 Å². The van der Waals surface area contributed by atoms with Gasteiger partial charge in [-0.2, -0.15) is 5.26 Å². The van der Waals surface area contributed by atoms with Crippen molar-refractivity contribution in [1.82, 2.24) is 20.3 Å². The van der Waals surface area contributed by atoms with Crippen LogP contribution in [0.15, 0.2) is 24.3 Å². The molecular weight excluding hydrogens is 318 g/mol. The fourth-order valence-electron chi connectivity index (χ4n) is 2.32. The van der Waals surface area contributed by atoms with Gasteiger partial charge in [0.15, 0.2) is 5.69 Å². The molecule has 0 aliphatic heterocycles. The van der Waals surface area contributed by atoms with Crippen molar-refractivity contribution in [2.24, 2.45) is 5.92 Å². The smallest absolute Gasteiger partial charge is 0.273 e. The second-order valence-electron chi connectivity index (χ2n) is 6.05. The number of benzene rings is 1. The Morgan fingerprint density at radius 2 is 2.00 bits per heavy atom. The molecule has 0 saturated heterocycles. The van der Waals surface area contributed by atoms with Crippen molar-refractivity contribution in [3.63, 3.8) is 0 Å². The number of carbonyl (C=O) groups excluding carboxylic acids is 1. The molecule has 1 heterocycles. The summed E-state index contributed by atoms with van der Waals surface area (Å²) < 4.78 is 7.29. The van der Waals surface area contributed by atoms with E-state index < -0.39 is 0 Å². The van der Waals surface area contributed by atoms with Crippen LogP contribution in [0.3, 0.4) is 0 Å². The van der Waals surface area contributed by atoms with Crippen molar-refractivity contribution >= 4 is 5.91 Å². The van der Waals surface area contributed by atoms with Crippen LogP contribution in [-0.4, -0.2) is 33.5 Å². The molecule has 0 unspecified atom stereocenters. The maximum Gasteiger partial charge on any atom is 0.273 e. The van der Waals surface area contributed by atoms with Gasteiger partial charge in [-0.1, -0.05) is 12.1 Å². The van der Waals surface area contributed by atoms with E-state index in [9.17, 15) is 4.79 Å². The molecule has 0 saturated carbocycles. The lowest BCUT2D eigenvalue weighted by atomic mass is 10.2. The fourth-order valence-corrected chi connectivity index (χ4v) is 2.32. The number of hydrogen-bond donors (Lipinski definition) is 1. The van der Waals surface area contributed by atoms with Crippen LogP contribution < -0.4 is 10.1 Å². The van der Waals surface area contributed by atoms with Gasteiger partial charge in [-0.15, -0.1) is 5.10 Å². The molecular formula is C18H23N5O2. The summed E-state index contributed by atoms with van der Waals surface area (Å²) in [5.41, 5.74) is 1.82. The normalized spacial score (nSPS) is 11.8. The van der Waals surface area contributed by atoms with Crippen molar-refractivity contribution in [1.29, 1.82) is 5.26 Å². The van der Waals surface area contributed by atoms with Gasteiger partial charge in [0.1, 0.15) is 5.75 Å². The SMILES string of the molecule is CCc1c(C(=O)NC[C@@H](C)C#N)nnn1-c1ccc(OC(C)C)cc1. The van der Waals surface area contributed by atoms with Crippen LogP contribution >= 0.6 is 0 Å². The van der Waals surface area contributed by atoms with Gasteiger partial charge in [0.2, 0.25) is 0 Å². The van der Waals surface area contributed by atoms with E-state index in [4.69, 9.17) is 10.00 Å². The van der Waals surface area contributed by atoms with Crippen molar-refractivity contribution in [2.45, 2.75) is 40.2 Å². The number of nitrogens with zero attached hydrogens (tertiary/aromatic N) is 4. The van der Waals surface area contributed by atoms with Gasteiger partial charge >= 0.3 is 0 Å². The zero-order chi connectivity index (χ0) is 18.4. The lowest BCUT2D eigenvalue weighted by Gasteiger charge is -2.11. The summed E-state index contributed by atoms with van der Waals surface area (Å²) in [6, 6.07) is 9.57. The zero-order valence-electron chi connectivity index (χ0n) is 15.0. The van der Waals surface area contributed by atoms with Crippen molar-refractivity contribution in [2.75, 3.05) is 6.54 Å². The predicted molar refractivity (Wildman–Crippen MR) is 93.6 cm³/mol. The van der Waals surface area contributed by atoms with E-state index in [2.05, 4.69) is 21.7 Å². The molecule has 0 radical (unpaired) electrons. The molecule has 0 aliphatic carbocycles. The summed E-state index contributed by atoms with van der Waals surface area (Å²) in [7, 11) is 0. The topological polar surface area (TPSA) is 92.8 Å². The number of carbonyl (C=O) groups is 1. The first-order valence-electron chi connectivity index (χ1n) is 8.35. The summed E-state index contributed by atoms with van der Waals surface area (Å²) in [6.45, 7) is 7.92. The fraction of sp³-hybridized carbons (Fsp3) is 0.444. The monoisotopic (exact) mass is 341 g/mol. The molecule has 1 aromatic heterocycles. The Morgan fingerprint density at radius 1 is 1.32 bits per heavy atom. The highest BCUT2D eigenvalue weighted by molar-refractivity contribution is 5.93. The molecule has 1 aromatic carbocycles. The van der Waals surface area contributed by atoms with Crippen molar-refractivity contribution in [3.8, 4) is 17.5 Å². The Morgan fingerprint density at radius 3 is 2.56 bits per heavy atom. The van der Waals surface area contributed by atoms with E-state index in [1.807, 2.05) is 45.0 Å². The number of rotatable bonds is 7. The molecule has 0 spiro atoms. The molecule has 1 N–H and O–H groups in total. The molecule has 25 heavy (non-hydrogen) atoms. The van der Waals surface area contributed by atoms with Gasteiger partial charge in [-0.25, -0.2) is 4.68 Å². The van der Waals surface area contributed by atoms with Crippen LogP contribution in [0.5, 0.6) is 5.75 Å². The van der Waals surface area contributed by atoms with Gasteiger partial charge < -0.3 is 10.1 Å². The summed E-state index contributed by atoms with van der Waals surface area (Å²) in [6.07, 6.45) is 0.711. The minimum Gasteiger partial charge on any atom is -0.491 e. The first-order valence-corrected chi connectivity index (χ1v) is 8.35. The average Bonchev–Trinajstić information content (AvgIpc) is 3.03. The standard InChI is InChI=1S/C18H23N5O2/c1-5-16-17(18(24)20-11-13(4)10-19)21-22-23(16)14-6-8-15(9-7-14)25-12(2)3/h6-9,12-13H,5,11H2,1-4H3,(H,20,24)/t13-/m0/s1. The van der Waals surface area contributed by atoms with Crippen molar-refractivity contribution in [3.05, 3.63) is 35.7 Å². The second kappa shape index (κ2) is 8.29. The molecule has 1 amide bonds. The molecule has 0 aliphatic rings. The second-order valence-corrected chi connectivity index (χ2v) is 6.05. The van der Waals surface area contributed by atoms with Crippen LogP contribution in [0.4, 0.5) is 0 Å². The lowest BCUT2D eigenvalue weighted by Crippen LogP contribution is -2.29. The maximum atomic E-state index is 12.3. The Kier molecular flexibility index (Phi) is 6.12. The third-order valence-electron chi connectivity index (χ3n) is 3.56. The highest BCUT2D eigenvalue weighted by atomic mass is 16.5. The number of amides is 1. The average molecular weight is 341 g/mol. The number of ether oxygens (including phenoxy) is 1. The molecule has 2 rings (SSSR count). The molecule has 7 heteroatoms. The minimum absolute atomic E-state index is 0.106. The van der Waals surface area contributed by atoms with E-state index in [1.54, 1.807) is 11.6 Å². The van der Waals surface area contributed by atoms with Gasteiger partial charge in [-0.05, 0) is 51.5 Å². The molecule has 7 nitrogen and oxygen atoms in total. The van der Waals surface area contributed by atoms with Crippen molar-refractivity contribution < 1.29 is 9.53 Å². The molecule has 0 fully saturated rings. The number of nitriles is 1. The van der Waals surface area contributed by atoms with Crippen LogP contribution in [0.25, 0.3) is 5.69 Å². The maximum absolute atomic E-state index is 12.3. The van der Waals surface area contributed by atoms with Gasteiger partial charge in [-0.3, -0.25) is 4.79 Å². The van der Waals surface area contributed by atoms with Crippen LogP contribution in [0.2, 0.25) is 0 Å². The highest BCUT2D eigenvalue weighted by Gasteiger charge is 2.19. The van der Waals surface area contributed by atoms with E-state index in [1.165, 1.54) is 0 Å². The predicted octanol–water partition coefficient (Wildman–Crippen LogP) is 2.51. The zero-order valence-corrected chi connectivity index (χ0v) is 15.0. The summed E-state index contributed by atoms with van der Waals surface area (Å²) in [5.74, 6) is 0.211. The third kappa shape index (κ3) is 4.57.